The number of nitrogens with one attached hydrogen (secondary N) is 1. The average Bonchev–Trinajstić information content (AvgIpc) is 2.04. The van der Waals surface area contributed by atoms with Crippen molar-refractivity contribution in [2.45, 2.75) is 5.03 Å². The second kappa shape index (κ2) is 3.41. The molecule has 3 nitrogen and oxygen atoms in total. The number of aromatic nitrogens is 2. The Labute approximate surface area is 64.3 Å². The number of nitrogens with zero attached hydrogens (tertiary/aromatic N) is 2. The molecule has 0 saturated carbocycles. The van der Waals surface area contributed by atoms with Gasteiger partial charge in [-0.05, 0) is 6.26 Å². The zero-order chi connectivity index (χ0) is 7.40. The molecule has 1 heterocycles. The third-order valence-corrected chi connectivity index (χ3v) is 1.85. The lowest BCUT2D eigenvalue weighted by molar-refractivity contribution is 1.05. The van der Waals surface area contributed by atoms with Crippen LogP contribution in [0.3, 0.4) is 0 Å². The smallest absolute Gasteiger partial charge is 0.122 e. The van der Waals surface area contributed by atoms with Crippen LogP contribution in [-0.4, -0.2) is 23.3 Å². The maximum atomic E-state index is 4.06. The molecular weight excluding hydrogens is 146 g/mol. The van der Waals surface area contributed by atoms with E-state index in [1.807, 2.05) is 13.3 Å². The molecule has 1 rings (SSSR count). The number of hydrogen-bond acceptors (Lipinski definition) is 4. The summed E-state index contributed by atoms with van der Waals surface area (Å²) in [5, 5.41) is 3.98. The van der Waals surface area contributed by atoms with Crippen LogP contribution in [0.2, 0.25) is 0 Å². The first kappa shape index (κ1) is 7.34. The minimum absolute atomic E-state index is 0.981. The molecule has 0 aliphatic carbocycles. The van der Waals surface area contributed by atoms with Crippen LogP contribution in [0.4, 0.5) is 5.69 Å². The normalized spacial score (nSPS) is 9.40. The average molecular weight is 155 g/mol. The number of hydrogen-bond donors (Lipinski definition) is 1. The van der Waals surface area contributed by atoms with Crippen LogP contribution in [0.25, 0.3) is 0 Å². The van der Waals surface area contributed by atoms with E-state index in [0.717, 1.165) is 10.7 Å². The van der Waals surface area contributed by atoms with Gasteiger partial charge in [-0.3, -0.25) is 0 Å². The van der Waals surface area contributed by atoms with Crippen LogP contribution in [0.1, 0.15) is 0 Å². The molecule has 10 heavy (non-hydrogen) atoms. The van der Waals surface area contributed by atoms with Gasteiger partial charge in [-0.1, -0.05) is 0 Å². The van der Waals surface area contributed by atoms with Crippen molar-refractivity contribution in [2.24, 2.45) is 0 Å². The van der Waals surface area contributed by atoms with Crippen LogP contribution in [0, 0.1) is 0 Å². The van der Waals surface area contributed by atoms with Crippen molar-refractivity contribution < 1.29 is 0 Å². The molecule has 4 heteroatoms. The fraction of sp³-hybridized carbons (Fsp3) is 0.333. The lowest BCUT2D eigenvalue weighted by Crippen LogP contribution is -1.93. The Morgan fingerprint density at radius 2 is 2.40 bits per heavy atom. The SMILES string of the molecule is CNc1cncnc1SC. The highest BCUT2D eigenvalue weighted by Gasteiger charge is 1.97. The van der Waals surface area contributed by atoms with Crippen LogP contribution < -0.4 is 5.32 Å². The van der Waals surface area contributed by atoms with Crippen molar-refractivity contribution >= 4 is 17.4 Å². The van der Waals surface area contributed by atoms with E-state index in [-0.39, 0.29) is 0 Å². The van der Waals surface area contributed by atoms with E-state index in [4.69, 9.17) is 0 Å². The Kier molecular flexibility index (Phi) is 2.50. The molecule has 0 radical (unpaired) electrons. The predicted molar refractivity (Wildman–Crippen MR) is 43.4 cm³/mol. The van der Waals surface area contributed by atoms with Gasteiger partial charge in [0.1, 0.15) is 11.4 Å². The third kappa shape index (κ3) is 1.39. The summed E-state index contributed by atoms with van der Waals surface area (Å²) in [4.78, 5) is 7.93. The summed E-state index contributed by atoms with van der Waals surface area (Å²) >= 11 is 1.61. The topological polar surface area (TPSA) is 37.8 Å². The summed E-state index contributed by atoms with van der Waals surface area (Å²) in [6.45, 7) is 0. The van der Waals surface area contributed by atoms with Crippen LogP contribution >= 0.6 is 11.8 Å². The Hall–Kier alpha value is -0.770. The Morgan fingerprint density at radius 3 is 2.90 bits per heavy atom. The number of anilines is 1. The molecule has 0 aliphatic rings. The molecule has 1 aromatic heterocycles. The third-order valence-electron chi connectivity index (χ3n) is 1.14. The van der Waals surface area contributed by atoms with Gasteiger partial charge >= 0.3 is 0 Å². The summed E-state index contributed by atoms with van der Waals surface area (Å²) in [6.07, 6.45) is 5.30. The number of thioether (sulfide) groups is 1. The van der Waals surface area contributed by atoms with E-state index >= 15 is 0 Å². The summed E-state index contributed by atoms with van der Waals surface area (Å²) in [5.41, 5.74) is 0.981. The van der Waals surface area contributed by atoms with Gasteiger partial charge in [-0.2, -0.15) is 0 Å². The first-order valence-electron chi connectivity index (χ1n) is 2.90. The van der Waals surface area contributed by atoms with Crippen molar-refractivity contribution in [1.82, 2.24) is 9.97 Å². The van der Waals surface area contributed by atoms with Gasteiger partial charge < -0.3 is 5.32 Å². The van der Waals surface area contributed by atoms with E-state index < -0.39 is 0 Å². The molecule has 0 saturated heterocycles. The van der Waals surface area contributed by atoms with Crippen molar-refractivity contribution in [2.75, 3.05) is 18.6 Å². The van der Waals surface area contributed by atoms with Gasteiger partial charge in [0.2, 0.25) is 0 Å². The van der Waals surface area contributed by atoms with Crippen molar-refractivity contribution in [3.63, 3.8) is 0 Å². The Balaban J connectivity index is 2.96. The standard InChI is InChI=1S/C6H9N3S/c1-7-5-3-8-4-9-6(5)10-2/h3-4,7H,1-2H3. The summed E-state index contributed by atoms with van der Waals surface area (Å²) < 4.78 is 0. The molecule has 0 spiro atoms. The van der Waals surface area contributed by atoms with Crippen molar-refractivity contribution in [3.05, 3.63) is 12.5 Å². The summed E-state index contributed by atoms with van der Waals surface area (Å²) in [5.74, 6) is 0. The zero-order valence-corrected chi connectivity index (χ0v) is 6.77. The fourth-order valence-electron chi connectivity index (χ4n) is 0.653. The van der Waals surface area contributed by atoms with E-state index in [2.05, 4.69) is 15.3 Å². The molecule has 0 aromatic carbocycles. The van der Waals surface area contributed by atoms with Gasteiger partial charge in [-0.15, -0.1) is 11.8 Å². The lowest BCUT2D eigenvalue weighted by Gasteiger charge is -2.01. The maximum Gasteiger partial charge on any atom is 0.122 e. The van der Waals surface area contributed by atoms with Crippen LogP contribution in [0.15, 0.2) is 17.6 Å². The highest BCUT2D eigenvalue weighted by Crippen LogP contribution is 2.19. The summed E-state index contributed by atoms with van der Waals surface area (Å²) in [7, 11) is 1.86. The first-order chi connectivity index (χ1) is 4.88. The molecule has 0 bridgehead atoms. The highest BCUT2D eigenvalue weighted by molar-refractivity contribution is 7.98. The van der Waals surface area contributed by atoms with E-state index in [1.165, 1.54) is 0 Å². The molecular formula is C6H9N3S. The Bertz CT molecular complexity index is 191. The van der Waals surface area contributed by atoms with Gasteiger partial charge in [0.05, 0.1) is 11.9 Å². The molecule has 1 aromatic rings. The molecule has 0 unspecified atom stereocenters. The molecule has 0 aliphatic heterocycles. The molecule has 0 atom stereocenters. The second-order valence-corrected chi connectivity index (χ2v) is 2.49. The van der Waals surface area contributed by atoms with E-state index in [0.29, 0.717) is 0 Å². The second-order valence-electron chi connectivity index (χ2n) is 1.70. The fourth-order valence-corrected chi connectivity index (χ4v) is 1.18. The van der Waals surface area contributed by atoms with E-state index in [1.54, 1.807) is 24.3 Å². The van der Waals surface area contributed by atoms with E-state index in [9.17, 15) is 0 Å². The zero-order valence-electron chi connectivity index (χ0n) is 5.96. The first-order valence-corrected chi connectivity index (χ1v) is 4.12. The monoisotopic (exact) mass is 155 g/mol. The lowest BCUT2D eigenvalue weighted by atomic mass is 10.5. The quantitative estimate of drug-likeness (QED) is 0.515. The van der Waals surface area contributed by atoms with Gasteiger partial charge in [0, 0.05) is 7.05 Å². The predicted octanol–water partition coefficient (Wildman–Crippen LogP) is 1.24. The molecule has 0 amide bonds. The summed E-state index contributed by atoms with van der Waals surface area (Å²) in [6, 6.07) is 0. The minimum atomic E-state index is 0.981. The molecule has 0 fully saturated rings. The maximum absolute atomic E-state index is 4.06. The highest BCUT2D eigenvalue weighted by atomic mass is 32.2. The van der Waals surface area contributed by atoms with Crippen molar-refractivity contribution in [3.8, 4) is 0 Å². The van der Waals surface area contributed by atoms with Crippen molar-refractivity contribution in [1.29, 1.82) is 0 Å². The Morgan fingerprint density at radius 1 is 1.60 bits per heavy atom. The van der Waals surface area contributed by atoms with Gasteiger partial charge in [-0.25, -0.2) is 9.97 Å². The van der Waals surface area contributed by atoms with Crippen LogP contribution in [0.5, 0.6) is 0 Å². The number of rotatable bonds is 2. The van der Waals surface area contributed by atoms with Crippen LogP contribution in [-0.2, 0) is 0 Å². The van der Waals surface area contributed by atoms with Gasteiger partial charge in [0.15, 0.2) is 0 Å². The largest absolute Gasteiger partial charge is 0.385 e. The molecule has 1 N–H and O–H groups in total. The van der Waals surface area contributed by atoms with Gasteiger partial charge in [0.25, 0.3) is 0 Å². The molecule has 54 valence electrons. The minimum Gasteiger partial charge on any atom is -0.385 e.